The van der Waals surface area contributed by atoms with Crippen molar-refractivity contribution in [2.24, 2.45) is 5.41 Å². The predicted molar refractivity (Wildman–Crippen MR) is 37.7 cm³/mol. The van der Waals surface area contributed by atoms with Crippen molar-refractivity contribution in [2.45, 2.75) is 45.0 Å². The predicted octanol–water partition coefficient (Wildman–Crippen LogP) is 0.935. The van der Waals surface area contributed by atoms with Crippen LogP contribution in [0, 0.1) is 5.41 Å². The molecule has 0 bridgehead atoms. The second-order valence-electron chi connectivity index (χ2n) is 4.12. The second kappa shape index (κ2) is 1.74. The first kappa shape index (κ1) is 6.62. The highest BCUT2D eigenvalue weighted by Gasteiger charge is 2.56. The van der Waals surface area contributed by atoms with Crippen LogP contribution in [-0.4, -0.2) is 23.4 Å². The van der Waals surface area contributed by atoms with Gasteiger partial charge in [-0.25, -0.2) is 0 Å². The van der Waals surface area contributed by atoms with E-state index in [0.29, 0.717) is 11.5 Å². The Hall–Kier alpha value is -0.0800. The smallest absolute Gasteiger partial charge is 0.110 e. The molecule has 2 rings (SSSR count). The number of aliphatic hydroxyl groups excluding tert-OH is 1. The molecule has 0 aromatic carbocycles. The lowest BCUT2D eigenvalue weighted by atomic mass is 9.76. The average Bonchev–Trinajstić information content (AvgIpc) is 2.58. The quantitative estimate of drug-likeness (QED) is 0.510. The molecular weight excluding hydrogens is 128 g/mol. The summed E-state index contributed by atoms with van der Waals surface area (Å²) in [5, 5.41) is 9.33. The van der Waals surface area contributed by atoms with Gasteiger partial charge in [0.15, 0.2) is 0 Å². The number of epoxide rings is 1. The molecule has 2 aliphatic rings. The fraction of sp³-hybridized carbons (Fsp3) is 1.00. The number of hydrogen-bond donors (Lipinski definition) is 1. The third kappa shape index (κ3) is 0.789. The first-order valence-electron chi connectivity index (χ1n) is 3.95. The van der Waals surface area contributed by atoms with Crippen molar-refractivity contribution in [3.8, 4) is 0 Å². The fourth-order valence-corrected chi connectivity index (χ4v) is 1.87. The van der Waals surface area contributed by atoms with Gasteiger partial charge in [0.05, 0.1) is 12.2 Å². The van der Waals surface area contributed by atoms with Crippen LogP contribution in [0.25, 0.3) is 0 Å². The van der Waals surface area contributed by atoms with E-state index >= 15 is 0 Å². The van der Waals surface area contributed by atoms with E-state index in [1.54, 1.807) is 0 Å². The van der Waals surface area contributed by atoms with Crippen LogP contribution in [0.15, 0.2) is 0 Å². The lowest BCUT2D eigenvalue weighted by Crippen LogP contribution is -2.33. The molecule has 0 amide bonds. The third-order valence-electron chi connectivity index (χ3n) is 2.76. The number of fused-ring (bicyclic) bond motifs is 1. The SMILES string of the molecule is CC1(C)CC[C@H](O)[C@H]2O[C@H]21. The largest absolute Gasteiger partial charge is 0.390 e. The molecule has 2 fully saturated rings. The Bertz CT molecular complexity index is 153. The molecule has 58 valence electrons. The summed E-state index contributed by atoms with van der Waals surface area (Å²) in [6, 6.07) is 0. The van der Waals surface area contributed by atoms with Crippen LogP contribution in [0.2, 0.25) is 0 Å². The molecular formula is C8H14O2. The minimum Gasteiger partial charge on any atom is -0.390 e. The number of hydrogen-bond acceptors (Lipinski definition) is 2. The van der Waals surface area contributed by atoms with Crippen molar-refractivity contribution < 1.29 is 9.84 Å². The topological polar surface area (TPSA) is 32.8 Å². The van der Waals surface area contributed by atoms with Gasteiger partial charge in [-0.1, -0.05) is 13.8 Å². The number of rotatable bonds is 0. The molecule has 1 N–H and O–H groups in total. The zero-order valence-corrected chi connectivity index (χ0v) is 6.50. The molecule has 1 saturated heterocycles. The van der Waals surface area contributed by atoms with E-state index in [4.69, 9.17) is 4.74 Å². The van der Waals surface area contributed by atoms with E-state index in [-0.39, 0.29) is 12.2 Å². The van der Waals surface area contributed by atoms with Gasteiger partial charge in [0.25, 0.3) is 0 Å². The van der Waals surface area contributed by atoms with Gasteiger partial charge >= 0.3 is 0 Å². The van der Waals surface area contributed by atoms with E-state index in [9.17, 15) is 5.11 Å². The Morgan fingerprint density at radius 3 is 2.80 bits per heavy atom. The maximum absolute atomic E-state index is 9.33. The van der Waals surface area contributed by atoms with Crippen LogP contribution < -0.4 is 0 Å². The molecule has 1 heterocycles. The van der Waals surface area contributed by atoms with Gasteiger partial charge in [-0.2, -0.15) is 0 Å². The molecule has 1 aliphatic carbocycles. The Morgan fingerprint density at radius 1 is 1.50 bits per heavy atom. The molecule has 3 atom stereocenters. The van der Waals surface area contributed by atoms with E-state index in [0.717, 1.165) is 12.8 Å². The summed E-state index contributed by atoms with van der Waals surface area (Å²) in [5.41, 5.74) is 0.309. The standard InChI is InChI=1S/C8H14O2/c1-8(2)4-3-5(9)6-7(8)10-6/h5-7,9H,3-4H2,1-2H3/t5-,6+,7+/m0/s1. The van der Waals surface area contributed by atoms with Crippen molar-refractivity contribution >= 4 is 0 Å². The first-order chi connectivity index (χ1) is 4.61. The Kier molecular flexibility index (Phi) is 1.15. The van der Waals surface area contributed by atoms with E-state index in [1.807, 2.05) is 0 Å². The van der Waals surface area contributed by atoms with Crippen LogP contribution in [0.5, 0.6) is 0 Å². The van der Waals surface area contributed by atoms with Crippen molar-refractivity contribution in [3.05, 3.63) is 0 Å². The van der Waals surface area contributed by atoms with Gasteiger partial charge in [-0.3, -0.25) is 0 Å². The summed E-state index contributed by atoms with van der Waals surface area (Å²) in [4.78, 5) is 0. The number of aliphatic hydroxyl groups is 1. The lowest BCUT2D eigenvalue weighted by molar-refractivity contribution is 0.105. The Labute approximate surface area is 61.2 Å². The molecule has 0 aromatic rings. The first-order valence-corrected chi connectivity index (χ1v) is 3.95. The second-order valence-corrected chi connectivity index (χ2v) is 4.12. The molecule has 0 radical (unpaired) electrons. The van der Waals surface area contributed by atoms with Gasteiger partial charge in [0.1, 0.15) is 6.10 Å². The van der Waals surface area contributed by atoms with Gasteiger partial charge in [0.2, 0.25) is 0 Å². The average molecular weight is 142 g/mol. The fourth-order valence-electron chi connectivity index (χ4n) is 1.87. The molecule has 0 unspecified atom stereocenters. The summed E-state index contributed by atoms with van der Waals surface area (Å²) >= 11 is 0. The Balaban J connectivity index is 2.09. The number of ether oxygens (including phenoxy) is 1. The van der Waals surface area contributed by atoms with E-state index < -0.39 is 0 Å². The third-order valence-corrected chi connectivity index (χ3v) is 2.76. The van der Waals surface area contributed by atoms with Crippen molar-refractivity contribution in [2.75, 3.05) is 0 Å². The van der Waals surface area contributed by atoms with Gasteiger partial charge in [-0.05, 0) is 18.3 Å². The lowest BCUT2D eigenvalue weighted by Gasteiger charge is -2.27. The normalized spacial score (nSPS) is 50.1. The van der Waals surface area contributed by atoms with Crippen LogP contribution in [-0.2, 0) is 4.74 Å². The highest BCUT2D eigenvalue weighted by Crippen LogP contribution is 2.48. The molecule has 1 saturated carbocycles. The Morgan fingerprint density at radius 2 is 2.20 bits per heavy atom. The summed E-state index contributed by atoms with van der Waals surface area (Å²) < 4.78 is 5.36. The van der Waals surface area contributed by atoms with Crippen LogP contribution in [0.4, 0.5) is 0 Å². The van der Waals surface area contributed by atoms with E-state index in [2.05, 4.69) is 13.8 Å². The summed E-state index contributed by atoms with van der Waals surface area (Å²) in [6.07, 6.45) is 2.33. The van der Waals surface area contributed by atoms with Crippen LogP contribution in [0.3, 0.4) is 0 Å². The van der Waals surface area contributed by atoms with Crippen LogP contribution >= 0.6 is 0 Å². The molecule has 0 aromatic heterocycles. The van der Waals surface area contributed by atoms with Gasteiger partial charge in [-0.15, -0.1) is 0 Å². The maximum Gasteiger partial charge on any atom is 0.110 e. The van der Waals surface area contributed by atoms with Gasteiger partial charge in [0, 0.05) is 0 Å². The molecule has 2 heteroatoms. The highest BCUT2D eigenvalue weighted by atomic mass is 16.6. The monoisotopic (exact) mass is 142 g/mol. The molecule has 2 nitrogen and oxygen atoms in total. The minimum atomic E-state index is -0.182. The molecule has 0 spiro atoms. The van der Waals surface area contributed by atoms with Gasteiger partial charge < -0.3 is 9.84 Å². The van der Waals surface area contributed by atoms with Crippen molar-refractivity contribution in [1.82, 2.24) is 0 Å². The maximum atomic E-state index is 9.33. The summed E-state index contributed by atoms with van der Waals surface area (Å²) in [6.45, 7) is 4.42. The van der Waals surface area contributed by atoms with Crippen molar-refractivity contribution in [3.63, 3.8) is 0 Å². The molecule has 10 heavy (non-hydrogen) atoms. The van der Waals surface area contributed by atoms with Crippen LogP contribution in [0.1, 0.15) is 26.7 Å². The molecule has 1 aliphatic heterocycles. The summed E-state index contributed by atoms with van der Waals surface area (Å²) in [5.74, 6) is 0. The van der Waals surface area contributed by atoms with E-state index in [1.165, 1.54) is 0 Å². The minimum absolute atomic E-state index is 0.170. The van der Waals surface area contributed by atoms with Crippen molar-refractivity contribution in [1.29, 1.82) is 0 Å². The summed E-state index contributed by atoms with van der Waals surface area (Å²) in [7, 11) is 0. The zero-order chi connectivity index (χ0) is 7.35. The highest BCUT2D eigenvalue weighted by molar-refractivity contribution is 5.03. The zero-order valence-electron chi connectivity index (χ0n) is 6.50.